The molecule has 1 aliphatic heterocycles. The summed E-state index contributed by atoms with van der Waals surface area (Å²) >= 11 is 0. The van der Waals surface area contributed by atoms with Gasteiger partial charge in [0.1, 0.15) is 24.7 Å². The lowest BCUT2D eigenvalue weighted by Gasteiger charge is -2.27. The first-order chi connectivity index (χ1) is 32.6. The number of nitriles is 1. The predicted octanol–water partition coefficient (Wildman–Crippen LogP) is 9.57. The third kappa shape index (κ3) is 10.8. The minimum atomic E-state index is -0.345. The Morgan fingerprint density at radius 1 is 0.697 bits per heavy atom. The molecule has 328 valence electrons. The van der Waals surface area contributed by atoms with Crippen molar-refractivity contribution in [2.45, 2.75) is 63.8 Å². The number of hydrogen-bond donors (Lipinski definition) is 2. The number of hydroxylamine groups is 1. The molecular weight excluding hydrogens is 817 g/mol. The van der Waals surface area contributed by atoms with E-state index in [9.17, 15) is 10.1 Å². The fourth-order valence-corrected chi connectivity index (χ4v) is 9.06. The fourth-order valence-electron chi connectivity index (χ4n) is 9.06. The number of anilines is 2. The average molecular weight is 871 g/mol. The number of aromatic nitrogens is 4. The maximum absolute atomic E-state index is 13.1. The molecular formula is C56H54N8O2+2. The molecule has 66 heavy (non-hydrogen) atoms. The molecule has 7 aromatic rings. The molecule has 10 heteroatoms. The van der Waals surface area contributed by atoms with Gasteiger partial charge in [-0.15, -0.1) is 0 Å². The normalized spacial score (nSPS) is 15.4. The summed E-state index contributed by atoms with van der Waals surface area (Å²) < 4.78 is 4.28. The van der Waals surface area contributed by atoms with Crippen molar-refractivity contribution < 1.29 is 18.8 Å². The molecule has 0 spiro atoms. The zero-order chi connectivity index (χ0) is 44.9. The first-order valence-corrected chi connectivity index (χ1v) is 22.9. The molecule has 10 nitrogen and oxygen atoms in total. The van der Waals surface area contributed by atoms with E-state index in [1.807, 2.05) is 55.1 Å². The van der Waals surface area contributed by atoms with Gasteiger partial charge < -0.3 is 10.2 Å². The molecule has 2 unspecified atom stereocenters. The molecule has 1 saturated carbocycles. The second-order valence-corrected chi connectivity index (χ2v) is 16.9. The van der Waals surface area contributed by atoms with Crippen molar-refractivity contribution in [2.24, 2.45) is 0 Å². The topological polar surface area (TPSA) is 111 Å². The van der Waals surface area contributed by atoms with E-state index in [-0.39, 0.29) is 11.5 Å². The molecule has 2 atom stereocenters. The number of carbonyl (C=O) groups is 1. The van der Waals surface area contributed by atoms with Crippen molar-refractivity contribution in [3.05, 3.63) is 198 Å². The van der Waals surface area contributed by atoms with Crippen molar-refractivity contribution in [1.82, 2.24) is 20.8 Å². The fraction of sp³-hybridized carbons (Fsp3) is 0.214. The van der Waals surface area contributed by atoms with E-state index in [0.717, 1.165) is 78.7 Å². The van der Waals surface area contributed by atoms with Crippen LogP contribution in [0, 0.1) is 11.3 Å². The maximum Gasteiger partial charge on any atom is 0.261 e. The molecule has 0 bridgehead atoms. The van der Waals surface area contributed by atoms with Crippen LogP contribution in [0.3, 0.4) is 0 Å². The van der Waals surface area contributed by atoms with Gasteiger partial charge in [-0.05, 0) is 118 Å². The van der Waals surface area contributed by atoms with Crippen LogP contribution in [0.25, 0.3) is 40.5 Å². The maximum atomic E-state index is 13.1. The Hall–Kier alpha value is -7.58. The second kappa shape index (κ2) is 21.4. The lowest BCUT2D eigenvalue weighted by molar-refractivity contribution is -0.697. The number of nitrogens with zero attached hydrogens (tertiary/aromatic N) is 6. The SMILES string of the molecule is N#CC(=Cc1ccc2c(c1)C1CCCC1N2c1ccc(C=Cc2ccc(CONCCC[n+]3ccc(-c4ccncc4)cc3)cc2)cc1)C(=O)NCCC[n+]1ccc(-c2ccncc2)cc1. The highest BCUT2D eigenvalue weighted by molar-refractivity contribution is 6.01. The van der Waals surface area contributed by atoms with Crippen molar-refractivity contribution in [1.29, 1.82) is 5.26 Å². The number of benzene rings is 3. The molecule has 9 rings (SSSR count). The molecule has 1 amide bonds. The Kier molecular flexibility index (Phi) is 14.2. The molecule has 2 N–H and O–H groups in total. The van der Waals surface area contributed by atoms with Gasteiger partial charge in [-0.1, -0.05) is 61.0 Å². The molecule has 2 aliphatic rings. The van der Waals surface area contributed by atoms with Gasteiger partial charge >= 0.3 is 0 Å². The summed E-state index contributed by atoms with van der Waals surface area (Å²) in [6, 6.07) is 42.6. The second-order valence-electron chi connectivity index (χ2n) is 16.9. The first kappa shape index (κ1) is 43.7. The highest BCUT2D eigenvalue weighted by Crippen LogP contribution is 2.52. The summed E-state index contributed by atoms with van der Waals surface area (Å²) in [5, 5.41) is 12.9. The Morgan fingerprint density at radius 2 is 1.26 bits per heavy atom. The Balaban J connectivity index is 0.734. The molecule has 3 aromatic carbocycles. The lowest BCUT2D eigenvalue weighted by Crippen LogP contribution is -2.35. The lowest BCUT2D eigenvalue weighted by atomic mass is 9.95. The highest BCUT2D eigenvalue weighted by Gasteiger charge is 2.42. The van der Waals surface area contributed by atoms with Gasteiger partial charge in [0.25, 0.3) is 5.91 Å². The van der Waals surface area contributed by atoms with Gasteiger partial charge in [-0.2, -0.15) is 5.26 Å². The number of carbonyl (C=O) groups excluding carboxylic acids is 1. The van der Waals surface area contributed by atoms with Crippen LogP contribution in [-0.4, -0.2) is 35.0 Å². The predicted molar refractivity (Wildman–Crippen MR) is 259 cm³/mol. The van der Waals surface area contributed by atoms with E-state index in [1.165, 1.54) is 34.5 Å². The van der Waals surface area contributed by atoms with Crippen LogP contribution in [0.1, 0.15) is 65.8 Å². The van der Waals surface area contributed by atoms with E-state index in [0.29, 0.717) is 25.1 Å². The van der Waals surface area contributed by atoms with Crippen LogP contribution >= 0.6 is 0 Å². The Bertz CT molecular complexity index is 2810. The highest BCUT2D eigenvalue weighted by atomic mass is 16.6. The summed E-state index contributed by atoms with van der Waals surface area (Å²) in [5.41, 5.74) is 15.8. The minimum absolute atomic E-state index is 0.116. The monoisotopic (exact) mass is 870 g/mol. The Labute approximate surface area is 387 Å². The number of hydrogen-bond acceptors (Lipinski definition) is 7. The number of fused-ring (bicyclic) bond motifs is 3. The van der Waals surface area contributed by atoms with E-state index < -0.39 is 0 Å². The van der Waals surface area contributed by atoms with Gasteiger partial charge in [0.05, 0.1) is 6.61 Å². The van der Waals surface area contributed by atoms with Gasteiger partial charge in [-0.25, -0.2) is 14.6 Å². The molecule has 0 saturated heterocycles. The zero-order valence-electron chi connectivity index (χ0n) is 37.0. The molecule has 4 aromatic heterocycles. The van der Waals surface area contributed by atoms with Crippen LogP contribution in [0.5, 0.6) is 0 Å². The standard InChI is InChI=1S/C56H53N8O2/c57-40-50(56(65)60-26-2-32-62-34-22-48(23-35-62)46-18-28-58-29-19-46)38-45-14-17-55-53(39-45)52-4-1-5-54(52)64(55)51-15-12-43(13-16-51)7-6-42-8-10-44(11-9-42)41-66-61-27-3-33-63-36-24-49(25-37-63)47-20-30-59-31-21-47/h6-25,28-31,34-39,52,54,61H,1-5,26-27,32-33,41H2/q+1/p+1. The van der Waals surface area contributed by atoms with Crippen molar-refractivity contribution in [3.8, 4) is 28.3 Å². The zero-order valence-corrected chi connectivity index (χ0v) is 37.0. The minimum Gasteiger partial charge on any atom is -0.351 e. The average Bonchev–Trinajstić information content (AvgIpc) is 3.98. The summed E-state index contributed by atoms with van der Waals surface area (Å²) in [4.78, 5) is 29.5. The third-order valence-corrected chi connectivity index (χ3v) is 12.5. The van der Waals surface area contributed by atoms with E-state index in [1.54, 1.807) is 18.5 Å². The molecule has 1 aliphatic carbocycles. The Morgan fingerprint density at radius 3 is 1.86 bits per heavy atom. The van der Waals surface area contributed by atoms with Gasteiger partial charge in [-0.3, -0.25) is 19.6 Å². The molecule has 5 heterocycles. The summed E-state index contributed by atoms with van der Waals surface area (Å²) in [6.45, 7) is 3.40. The van der Waals surface area contributed by atoms with E-state index >= 15 is 0 Å². The largest absolute Gasteiger partial charge is 0.351 e. The van der Waals surface area contributed by atoms with Crippen LogP contribution in [0.4, 0.5) is 11.4 Å². The number of nitrogens with one attached hydrogen (secondary N) is 2. The van der Waals surface area contributed by atoms with Crippen molar-refractivity contribution in [3.63, 3.8) is 0 Å². The van der Waals surface area contributed by atoms with Crippen LogP contribution in [0.15, 0.2) is 170 Å². The van der Waals surface area contributed by atoms with Crippen molar-refractivity contribution >= 4 is 35.5 Å². The quantitative estimate of drug-likeness (QED) is 0.0221. The van der Waals surface area contributed by atoms with Gasteiger partial charge in [0, 0.05) is 98.3 Å². The number of pyridine rings is 4. The first-order valence-electron chi connectivity index (χ1n) is 22.9. The van der Waals surface area contributed by atoms with E-state index in [4.69, 9.17) is 4.84 Å². The summed E-state index contributed by atoms with van der Waals surface area (Å²) in [7, 11) is 0. The molecule has 0 radical (unpaired) electrons. The van der Waals surface area contributed by atoms with Crippen molar-refractivity contribution in [2.75, 3.05) is 18.0 Å². The molecule has 1 fully saturated rings. The number of aryl methyl sites for hydroxylation is 2. The van der Waals surface area contributed by atoms with Gasteiger partial charge in [0.15, 0.2) is 24.8 Å². The van der Waals surface area contributed by atoms with E-state index in [2.05, 4.69) is 150 Å². The smallest absolute Gasteiger partial charge is 0.261 e. The summed E-state index contributed by atoms with van der Waals surface area (Å²) in [5.74, 6) is 0.0717. The number of amides is 1. The van der Waals surface area contributed by atoms with Crippen LogP contribution in [0.2, 0.25) is 0 Å². The summed E-state index contributed by atoms with van der Waals surface area (Å²) in [6.07, 6.45) is 26.7. The number of rotatable bonds is 18. The van der Waals surface area contributed by atoms with Crippen LogP contribution < -0.4 is 24.8 Å². The van der Waals surface area contributed by atoms with Crippen LogP contribution in [-0.2, 0) is 29.3 Å². The third-order valence-electron chi connectivity index (χ3n) is 12.5. The van der Waals surface area contributed by atoms with Gasteiger partial charge in [0.2, 0.25) is 0 Å².